The molecular formula is C20H31N3O2. The minimum atomic E-state index is 0.295. The molecule has 2 aliphatic heterocycles. The highest BCUT2D eigenvalue weighted by atomic mass is 16.5. The van der Waals surface area contributed by atoms with Crippen molar-refractivity contribution in [1.82, 2.24) is 15.1 Å². The van der Waals surface area contributed by atoms with Crippen molar-refractivity contribution < 1.29 is 9.53 Å². The number of amides is 1. The first-order valence-corrected chi connectivity index (χ1v) is 9.70. The molecule has 3 rings (SSSR count). The number of rotatable bonds is 7. The Labute approximate surface area is 151 Å². The molecule has 5 nitrogen and oxygen atoms in total. The average molecular weight is 345 g/mol. The summed E-state index contributed by atoms with van der Waals surface area (Å²) in [4.78, 5) is 17.1. The normalized spacial score (nSPS) is 21.5. The van der Waals surface area contributed by atoms with Crippen LogP contribution in [-0.2, 0) is 11.2 Å². The fourth-order valence-corrected chi connectivity index (χ4v) is 3.70. The maximum absolute atomic E-state index is 12.5. The van der Waals surface area contributed by atoms with Gasteiger partial charge in [-0.2, -0.15) is 0 Å². The van der Waals surface area contributed by atoms with Crippen molar-refractivity contribution in [3.8, 4) is 5.75 Å². The second-order valence-electron chi connectivity index (χ2n) is 7.06. The van der Waals surface area contributed by atoms with Gasteiger partial charge in [0.2, 0.25) is 5.91 Å². The maximum Gasteiger partial charge on any atom is 0.222 e. The zero-order valence-corrected chi connectivity index (χ0v) is 15.4. The Morgan fingerprint density at radius 3 is 2.68 bits per heavy atom. The molecule has 1 aromatic rings. The van der Waals surface area contributed by atoms with Crippen LogP contribution in [0.2, 0.25) is 0 Å². The summed E-state index contributed by atoms with van der Waals surface area (Å²) in [6, 6.07) is 8.72. The van der Waals surface area contributed by atoms with Gasteiger partial charge in [0.25, 0.3) is 0 Å². The third kappa shape index (κ3) is 5.19. The number of carbonyl (C=O) groups excluding carboxylic acids is 1. The lowest BCUT2D eigenvalue weighted by Gasteiger charge is -2.32. The van der Waals surface area contributed by atoms with Gasteiger partial charge >= 0.3 is 0 Å². The molecule has 5 heteroatoms. The number of benzene rings is 1. The molecule has 1 unspecified atom stereocenters. The predicted octanol–water partition coefficient (Wildman–Crippen LogP) is 1.91. The third-order valence-electron chi connectivity index (χ3n) is 5.21. The van der Waals surface area contributed by atoms with Gasteiger partial charge in [0.15, 0.2) is 0 Å². The number of likely N-dealkylation sites (tertiary alicyclic amines) is 1. The molecule has 0 radical (unpaired) electrons. The zero-order valence-electron chi connectivity index (χ0n) is 15.4. The first-order chi connectivity index (χ1) is 12.3. The molecule has 25 heavy (non-hydrogen) atoms. The van der Waals surface area contributed by atoms with Crippen LogP contribution in [-0.4, -0.2) is 67.6 Å². The number of ether oxygens (including phenoxy) is 1. The number of hydrogen-bond acceptors (Lipinski definition) is 4. The average Bonchev–Trinajstić information content (AvgIpc) is 3.16. The summed E-state index contributed by atoms with van der Waals surface area (Å²) in [5.74, 6) is 1.21. The Hall–Kier alpha value is -1.59. The highest BCUT2D eigenvalue weighted by molar-refractivity contribution is 5.76. The maximum atomic E-state index is 12.5. The molecule has 2 saturated heterocycles. The molecule has 0 saturated carbocycles. The number of piperazine rings is 1. The lowest BCUT2D eigenvalue weighted by Crippen LogP contribution is -2.49. The fraction of sp³-hybridized carbons (Fsp3) is 0.650. The summed E-state index contributed by atoms with van der Waals surface area (Å²) in [6.45, 7) is 9.04. The van der Waals surface area contributed by atoms with E-state index in [1.807, 2.05) is 12.1 Å². The highest BCUT2D eigenvalue weighted by Crippen LogP contribution is 2.18. The van der Waals surface area contributed by atoms with Gasteiger partial charge in [0.1, 0.15) is 5.75 Å². The summed E-state index contributed by atoms with van der Waals surface area (Å²) >= 11 is 0. The van der Waals surface area contributed by atoms with Crippen molar-refractivity contribution in [2.24, 2.45) is 0 Å². The molecular weight excluding hydrogens is 314 g/mol. The van der Waals surface area contributed by atoms with E-state index >= 15 is 0 Å². The fourth-order valence-electron chi connectivity index (χ4n) is 3.70. The van der Waals surface area contributed by atoms with Gasteiger partial charge in [0.05, 0.1) is 6.61 Å². The van der Waals surface area contributed by atoms with Gasteiger partial charge in [-0.05, 0) is 37.0 Å². The number of hydrogen-bond donors (Lipinski definition) is 1. The monoisotopic (exact) mass is 345 g/mol. The van der Waals surface area contributed by atoms with Gasteiger partial charge in [-0.15, -0.1) is 0 Å². The van der Waals surface area contributed by atoms with Gasteiger partial charge in [0, 0.05) is 51.7 Å². The summed E-state index contributed by atoms with van der Waals surface area (Å²) in [5.41, 5.74) is 1.20. The molecule has 0 aliphatic carbocycles. The van der Waals surface area contributed by atoms with Gasteiger partial charge in [-0.3, -0.25) is 9.69 Å². The van der Waals surface area contributed by atoms with Crippen LogP contribution in [0.4, 0.5) is 0 Å². The van der Waals surface area contributed by atoms with Crippen LogP contribution in [0.15, 0.2) is 24.3 Å². The number of aryl methyl sites for hydroxylation is 1. The standard InChI is InChI=1S/C20H31N3O2/c1-2-15-25-19-6-3-17(4-7-19)5-8-20(24)23-12-9-18(16-23)22-13-10-21-11-14-22/h3-4,6-7,18,21H,2,5,8-16H2,1H3. The van der Waals surface area contributed by atoms with Crippen LogP contribution < -0.4 is 10.1 Å². The Balaban J connectivity index is 1.42. The van der Waals surface area contributed by atoms with Crippen molar-refractivity contribution in [3.05, 3.63) is 29.8 Å². The zero-order chi connectivity index (χ0) is 17.5. The van der Waals surface area contributed by atoms with Crippen molar-refractivity contribution in [1.29, 1.82) is 0 Å². The van der Waals surface area contributed by atoms with E-state index in [4.69, 9.17) is 4.74 Å². The van der Waals surface area contributed by atoms with E-state index in [-0.39, 0.29) is 0 Å². The van der Waals surface area contributed by atoms with Crippen molar-refractivity contribution in [3.63, 3.8) is 0 Å². The summed E-state index contributed by atoms with van der Waals surface area (Å²) in [7, 11) is 0. The van der Waals surface area contributed by atoms with Gasteiger partial charge < -0.3 is 15.0 Å². The largest absolute Gasteiger partial charge is 0.494 e. The summed E-state index contributed by atoms with van der Waals surface area (Å²) in [6.07, 6.45) is 3.54. The minimum Gasteiger partial charge on any atom is -0.494 e. The second-order valence-corrected chi connectivity index (χ2v) is 7.06. The van der Waals surface area contributed by atoms with E-state index in [2.05, 4.69) is 34.2 Å². The topological polar surface area (TPSA) is 44.8 Å². The molecule has 1 amide bonds. The molecule has 1 N–H and O–H groups in total. The van der Waals surface area contributed by atoms with E-state index in [9.17, 15) is 4.79 Å². The molecule has 0 aromatic heterocycles. The molecule has 1 aromatic carbocycles. The van der Waals surface area contributed by atoms with Crippen LogP contribution in [0.25, 0.3) is 0 Å². The molecule has 0 bridgehead atoms. The SMILES string of the molecule is CCCOc1ccc(CCC(=O)N2CCC(N3CCNCC3)C2)cc1. The number of nitrogens with one attached hydrogen (secondary N) is 1. The Morgan fingerprint density at radius 2 is 1.96 bits per heavy atom. The van der Waals surface area contributed by atoms with Crippen LogP contribution >= 0.6 is 0 Å². The van der Waals surface area contributed by atoms with Crippen molar-refractivity contribution >= 4 is 5.91 Å². The van der Waals surface area contributed by atoms with Crippen LogP contribution in [0.1, 0.15) is 31.7 Å². The van der Waals surface area contributed by atoms with Crippen molar-refractivity contribution in [2.75, 3.05) is 45.9 Å². The molecule has 2 aliphatic rings. The summed E-state index contributed by atoms with van der Waals surface area (Å²) < 4.78 is 5.60. The molecule has 2 fully saturated rings. The predicted molar refractivity (Wildman–Crippen MR) is 100.0 cm³/mol. The first-order valence-electron chi connectivity index (χ1n) is 9.70. The highest BCUT2D eigenvalue weighted by Gasteiger charge is 2.30. The minimum absolute atomic E-state index is 0.295. The second kappa shape index (κ2) is 9.20. The lowest BCUT2D eigenvalue weighted by atomic mass is 10.1. The Kier molecular flexibility index (Phi) is 6.70. The van der Waals surface area contributed by atoms with E-state index in [1.165, 1.54) is 5.56 Å². The quantitative estimate of drug-likeness (QED) is 0.820. The third-order valence-corrected chi connectivity index (χ3v) is 5.21. The van der Waals surface area contributed by atoms with E-state index in [0.29, 0.717) is 18.4 Å². The van der Waals surface area contributed by atoms with Crippen LogP contribution in [0, 0.1) is 0 Å². The van der Waals surface area contributed by atoms with Crippen LogP contribution in [0.3, 0.4) is 0 Å². The van der Waals surface area contributed by atoms with E-state index in [0.717, 1.165) is 70.9 Å². The van der Waals surface area contributed by atoms with E-state index < -0.39 is 0 Å². The number of carbonyl (C=O) groups is 1. The first kappa shape index (κ1) is 18.2. The molecule has 1 atom stereocenters. The molecule has 138 valence electrons. The van der Waals surface area contributed by atoms with Gasteiger partial charge in [-0.1, -0.05) is 19.1 Å². The smallest absolute Gasteiger partial charge is 0.222 e. The molecule has 0 spiro atoms. The van der Waals surface area contributed by atoms with Crippen molar-refractivity contribution in [2.45, 2.75) is 38.6 Å². The van der Waals surface area contributed by atoms with E-state index in [1.54, 1.807) is 0 Å². The Morgan fingerprint density at radius 1 is 1.20 bits per heavy atom. The summed E-state index contributed by atoms with van der Waals surface area (Å²) in [5, 5.41) is 3.39. The lowest BCUT2D eigenvalue weighted by molar-refractivity contribution is -0.130. The Bertz CT molecular complexity index is 540. The van der Waals surface area contributed by atoms with Crippen LogP contribution in [0.5, 0.6) is 5.75 Å². The van der Waals surface area contributed by atoms with Gasteiger partial charge in [-0.25, -0.2) is 0 Å². The number of nitrogens with zero attached hydrogens (tertiary/aromatic N) is 2. The molecule has 2 heterocycles.